The summed E-state index contributed by atoms with van der Waals surface area (Å²) in [6.45, 7) is 8.62. The fourth-order valence-electron chi connectivity index (χ4n) is 1.59. The SMILES string of the molecule is Cc1ccc(SC(C)CC(C)N)cc1C. The van der Waals surface area contributed by atoms with Crippen molar-refractivity contribution in [1.82, 2.24) is 0 Å². The van der Waals surface area contributed by atoms with Crippen molar-refractivity contribution in [2.24, 2.45) is 5.73 Å². The standard InChI is InChI=1S/C13H21NS/c1-9-5-6-13(7-10(9)2)15-12(4)8-11(3)14/h5-7,11-12H,8,14H2,1-4H3. The average molecular weight is 223 g/mol. The van der Waals surface area contributed by atoms with Gasteiger partial charge in [-0.1, -0.05) is 13.0 Å². The molecule has 1 aromatic carbocycles. The molecule has 2 atom stereocenters. The van der Waals surface area contributed by atoms with E-state index in [4.69, 9.17) is 5.73 Å². The van der Waals surface area contributed by atoms with Crippen LogP contribution >= 0.6 is 11.8 Å². The van der Waals surface area contributed by atoms with Crippen LogP contribution in [0, 0.1) is 13.8 Å². The number of thioether (sulfide) groups is 1. The van der Waals surface area contributed by atoms with Crippen LogP contribution in [-0.2, 0) is 0 Å². The van der Waals surface area contributed by atoms with E-state index in [1.54, 1.807) is 0 Å². The number of rotatable bonds is 4. The van der Waals surface area contributed by atoms with Gasteiger partial charge in [0.2, 0.25) is 0 Å². The second kappa shape index (κ2) is 5.57. The van der Waals surface area contributed by atoms with Crippen LogP contribution in [0.25, 0.3) is 0 Å². The van der Waals surface area contributed by atoms with Crippen LogP contribution in [-0.4, -0.2) is 11.3 Å². The Labute approximate surface area is 97.4 Å². The average Bonchev–Trinajstić information content (AvgIpc) is 2.10. The van der Waals surface area contributed by atoms with Crippen LogP contribution in [0.1, 0.15) is 31.4 Å². The van der Waals surface area contributed by atoms with Gasteiger partial charge < -0.3 is 5.73 Å². The molecule has 0 fully saturated rings. The highest BCUT2D eigenvalue weighted by molar-refractivity contribution is 7.99. The monoisotopic (exact) mass is 223 g/mol. The molecule has 0 aromatic heterocycles. The van der Waals surface area contributed by atoms with Gasteiger partial charge in [-0.3, -0.25) is 0 Å². The van der Waals surface area contributed by atoms with E-state index in [1.807, 2.05) is 11.8 Å². The van der Waals surface area contributed by atoms with Gasteiger partial charge in [-0.05, 0) is 50.5 Å². The Bertz CT molecular complexity index is 320. The molecule has 1 rings (SSSR count). The first-order valence-corrected chi connectivity index (χ1v) is 6.36. The minimum absolute atomic E-state index is 0.291. The number of nitrogens with two attached hydrogens (primary N) is 1. The molecule has 15 heavy (non-hydrogen) atoms. The van der Waals surface area contributed by atoms with Crippen molar-refractivity contribution < 1.29 is 0 Å². The topological polar surface area (TPSA) is 26.0 Å². The van der Waals surface area contributed by atoms with Gasteiger partial charge in [0.05, 0.1) is 0 Å². The molecule has 84 valence electrons. The first-order chi connectivity index (χ1) is 6.99. The second-order valence-electron chi connectivity index (χ2n) is 4.39. The highest BCUT2D eigenvalue weighted by Crippen LogP contribution is 2.27. The van der Waals surface area contributed by atoms with Gasteiger partial charge in [0.25, 0.3) is 0 Å². The summed E-state index contributed by atoms with van der Waals surface area (Å²) in [7, 11) is 0. The zero-order valence-electron chi connectivity index (χ0n) is 10.1. The van der Waals surface area contributed by atoms with E-state index in [-0.39, 0.29) is 0 Å². The first-order valence-electron chi connectivity index (χ1n) is 5.48. The Morgan fingerprint density at radius 1 is 1.20 bits per heavy atom. The molecule has 2 heteroatoms. The fraction of sp³-hybridized carbons (Fsp3) is 0.538. The Kier molecular flexibility index (Phi) is 4.68. The predicted octanol–water partition coefficient (Wildman–Crippen LogP) is 3.52. The van der Waals surface area contributed by atoms with Crippen LogP contribution in [0.5, 0.6) is 0 Å². The van der Waals surface area contributed by atoms with E-state index in [9.17, 15) is 0 Å². The summed E-state index contributed by atoms with van der Waals surface area (Å²) in [5.74, 6) is 0. The molecule has 0 spiro atoms. The Balaban J connectivity index is 2.60. The summed E-state index contributed by atoms with van der Waals surface area (Å²) in [6.07, 6.45) is 1.07. The summed E-state index contributed by atoms with van der Waals surface area (Å²) < 4.78 is 0. The van der Waals surface area contributed by atoms with E-state index in [0.29, 0.717) is 11.3 Å². The Morgan fingerprint density at radius 3 is 2.40 bits per heavy atom. The molecule has 0 bridgehead atoms. The van der Waals surface area contributed by atoms with Crippen LogP contribution < -0.4 is 5.73 Å². The van der Waals surface area contributed by atoms with Gasteiger partial charge in [0.1, 0.15) is 0 Å². The summed E-state index contributed by atoms with van der Waals surface area (Å²) in [5.41, 5.74) is 8.52. The van der Waals surface area contributed by atoms with Crippen molar-refractivity contribution >= 4 is 11.8 Å². The molecule has 0 saturated carbocycles. The molecule has 0 radical (unpaired) electrons. The van der Waals surface area contributed by atoms with Gasteiger partial charge in [-0.15, -0.1) is 11.8 Å². The molecule has 0 amide bonds. The second-order valence-corrected chi connectivity index (χ2v) is 5.90. The molecule has 0 heterocycles. The molecule has 1 nitrogen and oxygen atoms in total. The van der Waals surface area contributed by atoms with E-state index >= 15 is 0 Å². The third-order valence-electron chi connectivity index (χ3n) is 2.52. The normalized spacial score (nSPS) is 15.0. The van der Waals surface area contributed by atoms with Crippen molar-refractivity contribution in [2.75, 3.05) is 0 Å². The molecule has 0 saturated heterocycles. The zero-order chi connectivity index (χ0) is 11.4. The lowest BCUT2D eigenvalue weighted by molar-refractivity contribution is 0.663. The van der Waals surface area contributed by atoms with Gasteiger partial charge in [-0.2, -0.15) is 0 Å². The third-order valence-corrected chi connectivity index (χ3v) is 3.64. The summed E-state index contributed by atoms with van der Waals surface area (Å²) in [4.78, 5) is 1.35. The molecule has 2 unspecified atom stereocenters. The predicted molar refractivity (Wildman–Crippen MR) is 69.5 cm³/mol. The van der Waals surface area contributed by atoms with E-state index in [0.717, 1.165) is 6.42 Å². The van der Waals surface area contributed by atoms with Gasteiger partial charge >= 0.3 is 0 Å². The van der Waals surface area contributed by atoms with Crippen LogP contribution in [0.15, 0.2) is 23.1 Å². The minimum Gasteiger partial charge on any atom is -0.328 e. The largest absolute Gasteiger partial charge is 0.328 e. The number of hydrogen-bond donors (Lipinski definition) is 1. The molecular weight excluding hydrogens is 202 g/mol. The molecule has 0 aliphatic heterocycles. The lowest BCUT2D eigenvalue weighted by Gasteiger charge is -2.14. The van der Waals surface area contributed by atoms with Crippen LogP contribution in [0.2, 0.25) is 0 Å². The van der Waals surface area contributed by atoms with Gasteiger partial charge in [0.15, 0.2) is 0 Å². The van der Waals surface area contributed by atoms with Crippen LogP contribution in [0.3, 0.4) is 0 Å². The molecule has 2 N–H and O–H groups in total. The van der Waals surface area contributed by atoms with Crippen molar-refractivity contribution in [3.8, 4) is 0 Å². The third kappa shape index (κ3) is 4.27. The maximum Gasteiger partial charge on any atom is 0.00806 e. The first kappa shape index (κ1) is 12.6. The maximum atomic E-state index is 5.79. The summed E-state index contributed by atoms with van der Waals surface area (Å²) in [6, 6.07) is 6.94. The highest BCUT2D eigenvalue weighted by atomic mass is 32.2. The highest BCUT2D eigenvalue weighted by Gasteiger charge is 2.07. The molecular formula is C13H21NS. The van der Waals surface area contributed by atoms with Crippen molar-refractivity contribution in [2.45, 2.75) is 50.3 Å². The Morgan fingerprint density at radius 2 is 1.87 bits per heavy atom. The smallest absolute Gasteiger partial charge is 0.00806 e. The van der Waals surface area contributed by atoms with Gasteiger partial charge in [-0.25, -0.2) is 0 Å². The Hall–Kier alpha value is -0.470. The zero-order valence-corrected chi connectivity index (χ0v) is 10.9. The van der Waals surface area contributed by atoms with E-state index in [2.05, 4.69) is 45.9 Å². The van der Waals surface area contributed by atoms with Crippen molar-refractivity contribution in [1.29, 1.82) is 0 Å². The number of aryl methyl sites for hydroxylation is 2. The fourth-order valence-corrected chi connectivity index (χ4v) is 2.85. The number of hydrogen-bond acceptors (Lipinski definition) is 2. The summed E-state index contributed by atoms with van der Waals surface area (Å²) in [5, 5.41) is 0.590. The minimum atomic E-state index is 0.291. The maximum absolute atomic E-state index is 5.79. The lowest BCUT2D eigenvalue weighted by atomic mass is 10.1. The van der Waals surface area contributed by atoms with Gasteiger partial charge in [0, 0.05) is 16.2 Å². The quantitative estimate of drug-likeness (QED) is 0.790. The van der Waals surface area contributed by atoms with Crippen molar-refractivity contribution in [3.05, 3.63) is 29.3 Å². The molecule has 0 aliphatic carbocycles. The summed E-state index contributed by atoms with van der Waals surface area (Å²) >= 11 is 1.91. The number of benzene rings is 1. The van der Waals surface area contributed by atoms with Crippen molar-refractivity contribution in [3.63, 3.8) is 0 Å². The van der Waals surface area contributed by atoms with E-state index < -0.39 is 0 Å². The lowest BCUT2D eigenvalue weighted by Crippen LogP contribution is -2.19. The van der Waals surface area contributed by atoms with Crippen LogP contribution in [0.4, 0.5) is 0 Å². The molecule has 0 aliphatic rings. The van der Waals surface area contributed by atoms with E-state index in [1.165, 1.54) is 16.0 Å². The molecule has 1 aromatic rings.